The van der Waals surface area contributed by atoms with Crippen molar-refractivity contribution >= 4 is 34.0 Å². The lowest BCUT2D eigenvalue weighted by Crippen LogP contribution is -2.13. The van der Waals surface area contributed by atoms with Gasteiger partial charge in [0.2, 0.25) is 0 Å². The summed E-state index contributed by atoms with van der Waals surface area (Å²) in [5.41, 5.74) is 1.72. The van der Waals surface area contributed by atoms with Crippen molar-refractivity contribution in [2.45, 2.75) is 6.92 Å². The number of hydrogen-bond donors (Lipinski definition) is 1. The summed E-state index contributed by atoms with van der Waals surface area (Å²) in [5.74, 6) is -0.686. The Bertz CT molecular complexity index is 864. The van der Waals surface area contributed by atoms with E-state index in [0.29, 0.717) is 15.8 Å². The van der Waals surface area contributed by atoms with Crippen LogP contribution >= 0.6 is 22.9 Å². The fraction of sp³-hybridized carbons (Fsp3) is 0.0625. The van der Waals surface area contributed by atoms with Crippen molar-refractivity contribution in [3.63, 3.8) is 0 Å². The second-order valence-electron chi connectivity index (χ2n) is 4.74. The number of amides is 1. The zero-order valence-corrected chi connectivity index (χ0v) is 13.6. The number of pyridine rings is 1. The van der Waals surface area contributed by atoms with Gasteiger partial charge in [0.1, 0.15) is 11.5 Å². The van der Waals surface area contributed by atoms with Gasteiger partial charge in [-0.3, -0.25) is 15.1 Å². The van der Waals surface area contributed by atoms with Crippen LogP contribution in [0.25, 0.3) is 11.3 Å². The number of anilines is 1. The Morgan fingerprint density at radius 2 is 2.00 bits per heavy atom. The highest BCUT2D eigenvalue weighted by molar-refractivity contribution is 7.16. The molecular weight excluding hydrogens is 337 g/mol. The number of benzene rings is 1. The van der Waals surface area contributed by atoms with E-state index in [1.165, 1.54) is 35.7 Å². The molecule has 0 fully saturated rings. The number of carbonyl (C=O) groups excluding carboxylic acids is 1. The smallest absolute Gasteiger partial charge is 0.276 e. The molecule has 116 valence electrons. The summed E-state index contributed by atoms with van der Waals surface area (Å²) in [7, 11) is 0. The van der Waals surface area contributed by atoms with Gasteiger partial charge in [0, 0.05) is 21.7 Å². The minimum Gasteiger partial charge on any atom is -0.296 e. The second-order valence-corrected chi connectivity index (χ2v) is 6.38. The van der Waals surface area contributed by atoms with Crippen LogP contribution in [0.15, 0.2) is 42.6 Å². The molecule has 0 aliphatic rings. The third-order valence-corrected chi connectivity index (χ3v) is 4.21. The maximum Gasteiger partial charge on any atom is 0.276 e. The molecule has 2 aromatic heterocycles. The molecular formula is C16H11ClFN3OS. The monoisotopic (exact) mass is 347 g/mol. The van der Waals surface area contributed by atoms with Crippen LogP contribution in [0, 0.1) is 12.7 Å². The summed E-state index contributed by atoms with van der Waals surface area (Å²) < 4.78 is 13.0. The number of thiazole rings is 1. The SMILES string of the molecule is Cc1sc(NC(=O)c2cc(Cl)ccn2)nc1-c1ccc(F)cc1. The van der Waals surface area contributed by atoms with Gasteiger partial charge >= 0.3 is 0 Å². The molecule has 4 nitrogen and oxygen atoms in total. The molecule has 3 rings (SSSR count). The third-order valence-electron chi connectivity index (χ3n) is 3.09. The first-order chi connectivity index (χ1) is 11.0. The van der Waals surface area contributed by atoms with Crippen LogP contribution in [-0.4, -0.2) is 15.9 Å². The van der Waals surface area contributed by atoms with Crippen LogP contribution < -0.4 is 5.32 Å². The number of hydrogen-bond acceptors (Lipinski definition) is 4. The normalized spacial score (nSPS) is 10.6. The summed E-state index contributed by atoms with van der Waals surface area (Å²) >= 11 is 7.19. The summed E-state index contributed by atoms with van der Waals surface area (Å²) in [6.07, 6.45) is 1.47. The highest BCUT2D eigenvalue weighted by Crippen LogP contribution is 2.30. The number of halogens is 2. The van der Waals surface area contributed by atoms with E-state index in [4.69, 9.17) is 11.6 Å². The predicted octanol–water partition coefficient (Wildman–Crippen LogP) is 4.56. The lowest BCUT2D eigenvalue weighted by atomic mass is 10.1. The van der Waals surface area contributed by atoms with Crippen LogP contribution in [0.5, 0.6) is 0 Å². The zero-order chi connectivity index (χ0) is 16.4. The Morgan fingerprint density at radius 1 is 1.26 bits per heavy atom. The van der Waals surface area contributed by atoms with E-state index in [0.717, 1.165) is 10.4 Å². The Hall–Kier alpha value is -2.31. The first-order valence-electron chi connectivity index (χ1n) is 6.69. The molecule has 0 aliphatic carbocycles. The molecule has 0 saturated heterocycles. The van der Waals surface area contributed by atoms with Gasteiger partial charge in [-0.25, -0.2) is 9.37 Å². The van der Waals surface area contributed by atoms with Gasteiger partial charge < -0.3 is 0 Å². The van der Waals surface area contributed by atoms with Crippen LogP contribution in [0.1, 0.15) is 15.4 Å². The standard InChI is InChI=1S/C16H11ClFN3OS/c1-9-14(10-2-4-12(18)5-3-10)20-16(23-9)21-15(22)13-8-11(17)6-7-19-13/h2-8H,1H3,(H,20,21,22). The number of nitrogens with zero attached hydrogens (tertiary/aromatic N) is 2. The largest absolute Gasteiger partial charge is 0.296 e. The van der Waals surface area contributed by atoms with E-state index in [1.807, 2.05) is 6.92 Å². The summed E-state index contributed by atoms with van der Waals surface area (Å²) in [6.45, 7) is 1.89. The summed E-state index contributed by atoms with van der Waals surface area (Å²) in [6, 6.07) is 9.14. The Labute approximate surface area is 141 Å². The maximum absolute atomic E-state index is 13.0. The third kappa shape index (κ3) is 3.55. The van der Waals surface area contributed by atoms with Crippen molar-refractivity contribution in [1.82, 2.24) is 9.97 Å². The van der Waals surface area contributed by atoms with E-state index in [-0.39, 0.29) is 17.4 Å². The van der Waals surface area contributed by atoms with Crippen molar-refractivity contribution in [1.29, 1.82) is 0 Å². The number of aryl methyl sites for hydroxylation is 1. The Kier molecular flexibility index (Phi) is 4.36. The highest BCUT2D eigenvalue weighted by Gasteiger charge is 2.14. The second kappa shape index (κ2) is 6.44. The molecule has 1 N–H and O–H groups in total. The van der Waals surface area contributed by atoms with E-state index < -0.39 is 0 Å². The van der Waals surface area contributed by atoms with Crippen LogP contribution in [0.4, 0.5) is 9.52 Å². The van der Waals surface area contributed by atoms with E-state index in [2.05, 4.69) is 15.3 Å². The minimum absolute atomic E-state index is 0.216. The van der Waals surface area contributed by atoms with Gasteiger partial charge in [0.15, 0.2) is 5.13 Å². The summed E-state index contributed by atoms with van der Waals surface area (Å²) in [4.78, 5) is 21.4. The van der Waals surface area contributed by atoms with Crippen molar-refractivity contribution in [3.8, 4) is 11.3 Å². The number of aromatic nitrogens is 2. The Balaban J connectivity index is 1.83. The topological polar surface area (TPSA) is 54.9 Å². The van der Waals surface area contributed by atoms with Gasteiger partial charge in [-0.1, -0.05) is 11.6 Å². The van der Waals surface area contributed by atoms with E-state index in [1.54, 1.807) is 18.2 Å². The molecule has 0 saturated carbocycles. The number of rotatable bonds is 3. The lowest BCUT2D eigenvalue weighted by Gasteiger charge is -2.01. The molecule has 2 heterocycles. The molecule has 0 unspecified atom stereocenters. The molecule has 0 bridgehead atoms. The fourth-order valence-corrected chi connectivity index (χ4v) is 3.01. The van der Waals surface area contributed by atoms with Crippen molar-refractivity contribution < 1.29 is 9.18 Å². The zero-order valence-electron chi connectivity index (χ0n) is 12.0. The fourth-order valence-electron chi connectivity index (χ4n) is 2.02. The molecule has 23 heavy (non-hydrogen) atoms. The Morgan fingerprint density at radius 3 is 2.70 bits per heavy atom. The van der Waals surface area contributed by atoms with Crippen LogP contribution in [0.2, 0.25) is 5.02 Å². The molecule has 1 amide bonds. The van der Waals surface area contributed by atoms with Crippen LogP contribution in [0.3, 0.4) is 0 Å². The van der Waals surface area contributed by atoms with Crippen molar-refractivity contribution in [3.05, 3.63) is 64.0 Å². The predicted molar refractivity (Wildman–Crippen MR) is 89.4 cm³/mol. The molecule has 0 radical (unpaired) electrons. The van der Waals surface area contributed by atoms with E-state index in [9.17, 15) is 9.18 Å². The van der Waals surface area contributed by atoms with Gasteiger partial charge in [-0.2, -0.15) is 0 Å². The van der Waals surface area contributed by atoms with Gasteiger partial charge in [0.25, 0.3) is 5.91 Å². The first-order valence-corrected chi connectivity index (χ1v) is 7.88. The molecule has 0 atom stereocenters. The first kappa shape index (κ1) is 15.6. The van der Waals surface area contributed by atoms with Crippen molar-refractivity contribution in [2.75, 3.05) is 5.32 Å². The maximum atomic E-state index is 13.0. The average molecular weight is 348 g/mol. The van der Waals surface area contributed by atoms with Gasteiger partial charge in [-0.05, 0) is 43.3 Å². The molecule has 1 aromatic carbocycles. The molecule has 7 heteroatoms. The van der Waals surface area contributed by atoms with Gasteiger partial charge in [0.05, 0.1) is 5.69 Å². The average Bonchev–Trinajstić information content (AvgIpc) is 2.88. The van der Waals surface area contributed by atoms with Gasteiger partial charge in [-0.15, -0.1) is 11.3 Å². The number of nitrogens with one attached hydrogen (secondary N) is 1. The molecule has 0 aliphatic heterocycles. The quantitative estimate of drug-likeness (QED) is 0.755. The lowest BCUT2D eigenvalue weighted by molar-refractivity contribution is 0.102. The molecule has 3 aromatic rings. The summed E-state index contributed by atoms with van der Waals surface area (Å²) in [5, 5.41) is 3.59. The van der Waals surface area contributed by atoms with Crippen LogP contribution in [-0.2, 0) is 0 Å². The highest BCUT2D eigenvalue weighted by atomic mass is 35.5. The number of carbonyl (C=O) groups is 1. The minimum atomic E-state index is -0.382. The van der Waals surface area contributed by atoms with E-state index >= 15 is 0 Å². The molecule has 0 spiro atoms. The van der Waals surface area contributed by atoms with Crippen molar-refractivity contribution in [2.24, 2.45) is 0 Å².